The predicted octanol–water partition coefficient (Wildman–Crippen LogP) is 2.34. The van der Waals surface area contributed by atoms with E-state index in [-0.39, 0.29) is 0 Å². The molecule has 1 heterocycles. The predicted molar refractivity (Wildman–Crippen MR) is 77.9 cm³/mol. The number of aliphatic carboxylic acids is 1. The van der Waals surface area contributed by atoms with Gasteiger partial charge in [-0.2, -0.15) is 0 Å². The van der Waals surface area contributed by atoms with Crippen LogP contribution in [0.1, 0.15) is 17.3 Å². The van der Waals surface area contributed by atoms with Crippen molar-refractivity contribution in [2.45, 2.75) is 13.0 Å². The van der Waals surface area contributed by atoms with Gasteiger partial charge in [-0.1, -0.05) is 30.3 Å². The second-order valence-electron chi connectivity index (χ2n) is 4.47. The fourth-order valence-corrected chi connectivity index (χ4v) is 1.77. The van der Waals surface area contributed by atoms with E-state index in [4.69, 9.17) is 0 Å². The Hall–Kier alpha value is -2.89. The molecule has 2 amide bonds. The highest BCUT2D eigenvalue weighted by Crippen LogP contribution is 2.13. The summed E-state index contributed by atoms with van der Waals surface area (Å²) in [6.45, 7) is 1.83. The van der Waals surface area contributed by atoms with Crippen molar-refractivity contribution in [1.29, 1.82) is 0 Å². The summed E-state index contributed by atoms with van der Waals surface area (Å²) in [6.07, 6.45) is 1.51. The van der Waals surface area contributed by atoms with Gasteiger partial charge in [-0.25, -0.2) is 9.59 Å². The standard InChI is InChI=1S/C15H15N3O3/c1-10-7-8-12(9-16-10)17-15(21)18-13(14(19)20)11-5-3-2-4-6-11/h2-9,13H,1H3,(H,19,20)(H2,17,18,21)/t13-/m1/s1. The molecule has 0 radical (unpaired) electrons. The van der Waals surface area contributed by atoms with Crippen molar-refractivity contribution in [2.75, 3.05) is 5.32 Å². The molecule has 0 aliphatic carbocycles. The number of hydrogen-bond acceptors (Lipinski definition) is 3. The third-order valence-electron chi connectivity index (χ3n) is 2.82. The number of nitrogens with zero attached hydrogens (tertiary/aromatic N) is 1. The Bertz CT molecular complexity index is 626. The average Bonchev–Trinajstić information content (AvgIpc) is 2.48. The number of rotatable bonds is 4. The molecule has 1 aromatic carbocycles. The molecule has 0 saturated heterocycles. The van der Waals surface area contributed by atoms with Crippen molar-refractivity contribution in [3.05, 3.63) is 59.9 Å². The van der Waals surface area contributed by atoms with Gasteiger partial charge in [-0.15, -0.1) is 0 Å². The molecule has 0 unspecified atom stereocenters. The topological polar surface area (TPSA) is 91.3 Å². The quantitative estimate of drug-likeness (QED) is 0.804. The number of pyridine rings is 1. The Morgan fingerprint density at radius 2 is 1.86 bits per heavy atom. The van der Waals surface area contributed by atoms with E-state index in [0.29, 0.717) is 11.3 Å². The van der Waals surface area contributed by atoms with Crippen LogP contribution >= 0.6 is 0 Å². The Morgan fingerprint density at radius 1 is 1.14 bits per heavy atom. The van der Waals surface area contributed by atoms with Crippen LogP contribution in [0, 0.1) is 6.92 Å². The molecular formula is C15H15N3O3. The van der Waals surface area contributed by atoms with E-state index < -0.39 is 18.0 Å². The normalized spacial score (nSPS) is 11.5. The number of nitrogens with one attached hydrogen (secondary N) is 2. The molecular weight excluding hydrogens is 270 g/mol. The highest BCUT2D eigenvalue weighted by atomic mass is 16.4. The highest BCUT2D eigenvalue weighted by molar-refractivity contribution is 5.92. The van der Waals surface area contributed by atoms with Crippen LogP contribution in [0.15, 0.2) is 48.7 Å². The number of carbonyl (C=O) groups excluding carboxylic acids is 1. The van der Waals surface area contributed by atoms with Gasteiger partial charge in [0.15, 0.2) is 6.04 Å². The summed E-state index contributed by atoms with van der Waals surface area (Å²) in [5, 5.41) is 14.2. The van der Waals surface area contributed by atoms with E-state index in [9.17, 15) is 14.7 Å². The number of carboxylic acid groups (broad SMARTS) is 1. The number of aryl methyl sites for hydroxylation is 1. The molecule has 6 heteroatoms. The van der Waals surface area contributed by atoms with Crippen molar-refractivity contribution >= 4 is 17.7 Å². The summed E-state index contributed by atoms with van der Waals surface area (Å²) in [7, 11) is 0. The first kappa shape index (κ1) is 14.5. The van der Waals surface area contributed by atoms with Crippen LogP contribution in [0.2, 0.25) is 0 Å². The largest absolute Gasteiger partial charge is 0.479 e. The monoisotopic (exact) mass is 285 g/mol. The maximum Gasteiger partial charge on any atom is 0.330 e. The van der Waals surface area contributed by atoms with Gasteiger partial charge in [-0.05, 0) is 24.6 Å². The summed E-state index contributed by atoms with van der Waals surface area (Å²) in [6, 6.07) is 10.2. The fraction of sp³-hybridized carbons (Fsp3) is 0.133. The van der Waals surface area contributed by atoms with Crippen LogP contribution < -0.4 is 10.6 Å². The van der Waals surface area contributed by atoms with E-state index in [1.807, 2.05) is 6.92 Å². The molecule has 0 spiro atoms. The zero-order valence-corrected chi connectivity index (χ0v) is 11.4. The SMILES string of the molecule is Cc1ccc(NC(=O)N[C@@H](C(=O)O)c2ccccc2)cn1. The van der Waals surface area contributed by atoms with Crippen molar-refractivity contribution < 1.29 is 14.7 Å². The van der Waals surface area contributed by atoms with Crippen LogP contribution in [0.5, 0.6) is 0 Å². The first-order valence-corrected chi connectivity index (χ1v) is 6.34. The molecule has 0 bridgehead atoms. The Balaban J connectivity index is 2.05. The molecule has 1 aromatic heterocycles. The molecule has 21 heavy (non-hydrogen) atoms. The smallest absolute Gasteiger partial charge is 0.330 e. The molecule has 0 saturated carbocycles. The van der Waals surface area contributed by atoms with Crippen molar-refractivity contribution in [1.82, 2.24) is 10.3 Å². The second kappa shape index (κ2) is 6.51. The van der Waals surface area contributed by atoms with Gasteiger partial charge < -0.3 is 15.7 Å². The van der Waals surface area contributed by atoms with Gasteiger partial charge >= 0.3 is 12.0 Å². The summed E-state index contributed by atoms with van der Waals surface area (Å²) in [5.41, 5.74) is 1.83. The number of hydrogen-bond donors (Lipinski definition) is 3. The lowest BCUT2D eigenvalue weighted by molar-refractivity contribution is -0.139. The van der Waals surface area contributed by atoms with E-state index in [1.54, 1.807) is 42.5 Å². The zero-order chi connectivity index (χ0) is 15.2. The highest BCUT2D eigenvalue weighted by Gasteiger charge is 2.21. The third-order valence-corrected chi connectivity index (χ3v) is 2.82. The van der Waals surface area contributed by atoms with Crippen LogP contribution in [-0.2, 0) is 4.79 Å². The Labute approximate surface area is 121 Å². The Morgan fingerprint density at radius 3 is 2.43 bits per heavy atom. The van der Waals surface area contributed by atoms with Crippen LogP contribution in [0.25, 0.3) is 0 Å². The minimum atomic E-state index is -1.13. The lowest BCUT2D eigenvalue weighted by Crippen LogP contribution is -2.36. The number of urea groups is 1. The van der Waals surface area contributed by atoms with Crippen molar-refractivity contribution in [3.63, 3.8) is 0 Å². The second-order valence-corrected chi connectivity index (χ2v) is 4.47. The number of aromatic nitrogens is 1. The molecule has 0 fully saturated rings. The van der Waals surface area contributed by atoms with Gasteiger partial charge in [0, 0.05) is 5.69 Å². The minimum absolute atomic E-state index is 0.496. The molecule has 3 N–H and O–H groups in total. The summed E-state index contributed by atoms with van der Waals surface area (Å²) in [5.74, 6) is -1.13. The number of amides is 2. The van der Waals surface area contributed by atoms with Crippen LogP contribution in [0.3, 0.4) is 0 Å². The van der Waals surface area contributed by atoms with Crippen molar-refractivity contribution in [3.8, 4) is 0 Å². The molecule has 1 atom stereocenters. The zero-order valence-electron chi connectivity index (χ0n) is 11.4. The van der Waals surface area contributed by atoms with Gasteiger partial charge in [0.25, 0.3) is 0 Å². The molecule has 108 valence electrons. The minimum Gasteiger partial charge on any atom is -0.479 e. The molecule has 2 aromatic rings. The van der Waals surface area contributed by atoms with Gasteiger partial charge in [-0.3, -0.25) is 4.98 Å². The molecule has 6 nitrogen and oxygen atoms in total. The van der Waals surface area contributed by atoms with E-state index in [0.717, 1.165) is 5.69 Å². The first-order chi connectivity index (χ1) is 10.1. The maximum atomic E-state index is 11.9. The van der Waals surface area contributed by atoms with Gasteiger partial charge in [0.1, 0.15) is 0 Å². The molecule has 2 rings (SSSR count). The van der Waals surface area contributed by atoms with E-state index >= 15 is 0 Å². The van der Waals surface area contributed by atoms with Crippen molar-refractivity contribution in [2.24, 2.45) is 0 Å². The van der Waals surface area contributed by atoms with Gasteiger partial charge in [0.2, 0.25) is 0 Å². The van der Waals surface area contributed by atoms with E-state index in [2.05, 4.69) is 15.6 Å². The number of anilines is 1. The summed E-state index contributed by atoms with van der Waals surface area (Å²) < 4.78 is 0. The lowest BCUT2D eigenvalue weighted by Gasteiger charge is -2.15. The number of benzene rings is 1. The fourth-order valence-electron chi connectivity index (χ4n) is 1.77. The molecule has 0 aliphatic rings. The maximum absolute atomic E-state index is 11.9. The van der Waals surface area contributed by atoms with Crippen LogP contribution in [-0.4, -0.2) is 22.1 Å². The third kappa shape index (κ3) is 4.04. The van der Waals surface area contributed by atoms with E-state index in [1.165, 1.54) is 6.20 Å². The van der Waals surface area contributed by atoms with Gasteiger partial charge in [0.05, 0.1) is 11.9 Å². The first-order valence-electron chi connectivity index (χ1n) is 6.34. The summed E-state index contributed by atoms with van der Waals surface area (Å²) >= 11 is 0. The number of carbonyl (C=O) groups is 2. The average molecular weight is 285 g/mol. The summed E-state index contributed by atoms with van der Waals surface area (Å²) in [4.78, 5) is 27.2. The molecule has 0 aliphatic heterocycles. The Kier molecular flexibility index (Phi) is 4.50. The number of carboxylic acids is 1. The lowest BCUT2D eigenvalue weighted by atomic mass is 10.1. The van der Waals surface area contributed by atoms with Crippen LogP contribution in [0.4, 0.5) is 10.5 Å².